The summed E-state index contributed by atoms with van der Waals surface area (Å²) in [5.41, 5.74) is 2.98. The highest BCUT2D eigenvalue weighted by Gasteiger charge is 2.42. The molecule has 1 aromatic heterocycles. The summed E-state index contributed by atoms with van der Waals surface area (Å²) in [5, 5.41) is 8.05. The predicted molar refractivity (Wildman–Crippen MR) is 85.6 cm³/mol. The van der Waals surface area contributed by atoms with Gasteiger partial charge in [0.2, 0.25) is 0 Å². The van der Waals surface area contributed by atoms with Crippen LogP contribution < -0.4 is 5.32 Å². The number of hydrogen-bond donors (Lipinski definition) is 1. The normalized spacial score (nSPS) is 26.1. The van der Waals surface area contributed by atoms with Gasteiger partial charge in [0.15, 0.2) is 9.84 Å². The highest BCUT2D eigenvalue weighted by molar-refractivity contribution is 7.91. The van der Waals surface area contributed by atoms with E-state index in [9.17, 15) is 8.42 Å². The lowest BCUT2D eigenvalue weighted by molar-refractivity contribution is 0.320. The SMILES string of the molecule is CCNCC(C)c1c(C)nn(C2(C)CCS(=O)(=O)C2)c1C. The zero-order valence-corrected chi connectivity index (χ0v) is 14.5. The van der Waals surface area contributed by atoms with Crippen LogP contribution in [0, 0.1) is 13.8 Å². The van der Waals surface area contributed by atoms with Crippen molar-refractivity contribution in [2.24, 2.45) is 0 Å². The summed E-state index contributed by atoms with van der Waals surface area (Å²) in [5.74, 6) is 0.841. The summed E-state index contributed by atoms with van der Waals surface area (Å²) in [6.07, 6.45) is 0.651. The summed E-state index contributed by atoms with van der Waals surface area (Å²) < 4.78 is 25.7. The van der Waals surface area contributed by atoms with Crippen LogP contribution in [0.3, 0.4) is 0 Å². The fourth-order valence-electron chi connectivity index (χ4n) is 3.52. The van der Waals surface area contributed by atoms with Gasteiger partial charge in [-0.15, -0.1) is 0 Å². The van der Waals surface area contributed by atoms with Crippen molar-refractivity contribution in [3.63, 3.8) is 0 Å². The minimum atomic E-state index is -2.93. The second kappa shape index (κ2) is 5.72. The first-order valence-corrected chi connectivity index (χ1v) is 9.50. The second-order valence-electron chi connectivity index (χ2n) is 6.54. The topological polar surface area (TPSA) is 64.0 Å². The van der Waals surface area contributed by atoms with Crippen LogP contribution in [0.25, 0.3) is 0 Å². The van der Waals surface area contributed by atoms with Crippen LogP contribution in [0.15, 0.2) is 0 Å². The first-order valence-electron chi connectivity index (χ1n) is 7.68. The van der Waals surface area contributed by atoms with Gasteiger partial charge in [-0.2, -0.15) is 5.10 Å². The first-order chi connectivity index (χ1) is 9.70. The Labute approximate surface area is 128 Å². The van der Waals surface area contributed by atoms with E-state index in [0.717, 1.165) is 24.5 Å². The van der Waals surface area contributed by atoms with Gasteiger partial charge in [0.1, 0.15) is 0 Å². The minimum Gasteiger partial charge on any atom is -0.316 e. The number of nitrogens with one attached hydrogen (secondary N) is 1. The molecule has 6 heteroatoms. The van der Waals surface area contributed by atoms with Gasteiger partial charge in [-0.25, -0.2) is 8.42 Å². The molecule has 2 heterocycles. The molecule has 0 spiro atoms. The number of nitrogens with zero attached hydrogens (tertiary/aromatic N) is 2. The average molecular weight is 313 g/mol. The lowest BCUT2D eigenvalue weighted by Crippen LogP contribution is -2.33. The molecule has 0 saturated carbocycles. The van der Waals surface area contributed by atoms with Gasteiger partial charge in [-0.05, 0) is 39.7 Å². The van der Waals surface area contributed by atoms with E-state index in [0.29, 0.717) is 12.3 Å². The van der Waals surface area contributed by atoms with Crippen LogP contribution in [-0.4, -0.2) is 42.8 Å². The van der Waals surface area contributed by atoms with E-state index in [1.54, 1.807) is 0 Å². The molecule has 1 aromatic rings. The molecule has 0 amide bonds. The Bertz CT molecular complexity index is 621. The van der Waals surface area contributed by atoms with Gasteiger partial charge < -0.3 is 5.32 Å². The van der Waals surface area contributed by atoms with E-state index in [2.05, 4.69) is 31.2 Å². The molecule has 2 atom stereocenters. The van der Waals surface area contributed by atoms with Crippen molar-refractivity contribution < 1.29 is 8.42 Å². The fourth-order valence-corrected chi connectivity index (χ4v) is 5.63. The molecule has 120 valence electrons. The molecule has 0 radical (unpaired) electrons. The molecule has 2 rings (SSSR count). The van der Waals surface area contributed by atoms with Gasteiger partial charge in [0.05, 0.1) is 22.7 Å². The molecule has 1 fully saturated rings. The Morgan fingerprint density at radius 2 is 2.10 bits per heavy atom. The number of sulfone groups is 1. The van der Waals surface area contributed by atoms with Crippen molar-refractivity contribution in [1.29, 1.82) is 0 Å². The molecule has 1 saturated heterocycles. The minimum absolute atomic E-state index is 0.197. The van der Waals surface area contributed by atoms with Crippen LogP contribution in [0.1, 0.15) is 50.1 Å². The van der Waals surface area contributed by atoms with Gasteiger partial charge in [-0.1, -0.05) is 13.8 Å². The Balaban J connectivity index is 2.35. The molecule has 0 bridgehead atoms. The van der Waals surface area contributed by atoms with E-state index >= 15 is 0 Å². The Morgan fingerprint density at radius 3 is 2.62 bits per heavy atom. The quantitative estimate of drug-likeness (QED) is 0.899. The number of hydrogen-bond acceptors (Lipinski definition) is 4. The van der Waals surface area contributed by atoms with Crippen molar-refractivity contribution in [1.82, 2.24) is 15.1 Å². The summed E-state index contributed by atoms with van der Waals surface area (Å²) in [6, 6.07) is 0. The Kier molecular flexibility index (Phi) is 4.49. The summed E-state index contributed by atoms with van der Waals surface area (Å²) >= 11 is 0. The fraction of sp³-hybridized carbons (Fsp3) is 0.800. The van der Waals surface area contributed by atoms with Crippen LogP contribution >= 0.6 is 0 Å². The Hall–Kier alpha value is -0.880. The third-order valence-electron chi connectivity index (χ3n) is 4.53. The van der Waals surface area contributed by atoms with Crippen molar-refractivity contribution in [3.05, 3.63) is 17.0 Å². The van der Waals surface area contributed by atoms with Gasteiger partial charge in [-0.3, -0.25) is 4.68 Å². The molecular weight excluding hydrogens is 286 g/mol. The van der Waals surface area contributed by atoms with Crippen LogP contribution in [0.5, 0.6) is 0 Å². The summed E-state index contributed by atoms with van der Waals surface area (Å²) in [7, 11) is -2.93. The highest BCUT2D eigenvalue weighted by atomic mass is 32.2. The van der Waals surface area contributed by atoms with Gasteiger partial charge in [0.25, 0.3) is 0 Å². The molecule has 2 unspecified atom stereocenters. The average Bonchev–Trinajstić information content (AvgIpc) is 2.84. The van der Waals surface area contributed by atoms with E-state index in [-0.39, 0.29) is 11.5 Å². The van der Waals surface area contributed by atoms with Crippen LogP contribution in [0.4, 0.5) is 0 Å². The lowest BCUT2D eigenvalue weighted by atomic mass is 9.97. The third-order valence-corrected chi connectivity index (χ3v) is 6.42. The number of likely N-dealkylation sites (N-methyl/N-ethyl adjacent to an activating group) is 1. The zero-order chi connectivity index (χ0) is 15.8. The molecule has 5 nitrogen and oxygen atoms in total. The molecular formula is C15H27N3O2S. The van der Waals surface area contributed by atoms with Crippen LogP contribution in [-0.2, 0) is 15.4 Å². The lowest BCUT2D eigenvalue weighted by Gasteiger charge is -2.25. The molecule has 1 N–H and O–H groups in total. The largest absolute Gasteiger partial charge is 0.316 e. The number of aromatic nitrogens is 2. The van der Waals surface area contributed by atoms with E-state index in [4.69, 9.17) is 0 Å². The second-order valence-corrected chi connectivity index (χ2v) is 8.73. The maximum absolute atomic E-state index is 11.8. The zero-order valence-electron chi connectivity index (χ0n) is 13.7. The summed E-state index contributed by atoms with van der Waals surface area (Å²) in [4.78, 5) is 0. The molecule has 21 heavy (non-hydrogen) atoms. The predicted octanol–water partition coefficient (Wildman–Crippen LogP) is 1.75. The molecule has 0 aromatic carbocycles. The van der Waals surface area contributed by atoms with Gasteiger partial charge >= 0.3 is 0 Å². The van der Waals surface area contributed by atoms with Crippen LogP contribution in [0.2, 0.25) is 0 Å². The van der Waals surface area contributed by atoms with Crippen molar-refractivity contribution in [2.45, 2.75) is 52.5 Å². The molecule has 0 aliphatic carbocycles. The van der Waals surface area contributed by atoms with Gasteiger partial charge in [0, 0.05) is 17.8 Å². The highest BCUT2D eigenvalue weighted by Crippen LogP contribution is 2.34. The Morgan fingerprint density at radius 1 is 1.43 bits per heavy atom. The van der Waals surface area contributed by atoms with E-state index in [1.807, 2.05) is 18.5 Å². The summed E-state index contributed by atoms with van der Waals surface area (Å²) in [6.45, 7) is 12.3. The molecule has 1 aliphatic heterocycles. The first kappa shape index (κ1) is 16.5. The van der Waals surface area contributed by atoms with E-state index in [1.165, 1.54) is 5.56 Å². The standard InChI is InChI=1S/C15H27N3O2S/c1-6-16-9-11(2)14-12(3)17-18(13(14)4)15(5)7-8-21(19,20)10-15/h11,16H,6-10H2,1-5H3. The number of aryl methyl sites for hydroxylation is 1. The number of rotatable bonds is 5. The molecule has 1 aliphatic rings. The van der Waals surface area contributed by atoms with E-state index < -0.39 is 15.4 Å². The maximum atomic E-state index is 11.8. The van der Waals surface area contributed by atoms with Crippen molar-refractivity contribution in [3.8, 4) is 0 Å². The van der Waals surface area contributed by atoms with Crippen molar-refractivity contribution >= 4 is 9.84 Å². The maximum Gasteiger partial charge on any atom is 0.152 e. The third kappa shape index (κ3) is 3.16. The van der Waals surface area contributed by atoms with Crippen molar-refractivity contribution in [2.75, 3.05) is 24.6 Å². The monoisotopic (exact) mass is 313 g/mol. The smallest absolute Gasteiger partial charge is 0.152 e.